The standard InChI is InChI=1S/C18H16FNO3/c1-20(10-12-3-2-4-14(19)7-12)11-13-8-18(22)23-17-9-15(21)5-6-16(13)17/h2-9,21H,10-11H2,1H3. The van der Waals surface area contributed by atoms with E-state index in [1.165, 1.54) is 24.3 Å². The SMILES string of the molecule is CN(Cc1cccc(F)c1)Cc1cc(=O)oc2cc(O)ccc12. The molecule has 0 atom stereocenters. The Morgan fingerprint density at radius 2 is 1.96 bits per heavy atom. The lowest BCUT2D eigenvalue weighted by Crippen LogP contribution is -2.18. The Morgan fingerprint density at radius 1 is 1.13 bits per heavy atom. The topological polar surface area (TPSA) is 53.7 Å². The van der Waals surface area contributed by atoms with E-state index in [0.29, 0.717) is 18.7 Å². The number of hydrogen-bond donors (Lipinski definition) is 1. The number of halogens is 1. The Morgan fingerprint density at radius 3 is 2.74 bits per heavy atom. The summed E-state index contributed by atoms with van der Waals surface area (Å²) in [6.07, 6.45) is 0. The van der Waals surface area contributed by atoms with Crippen molar-refractivity contribution in [3.05, 3.63) is 75.9 Å². The van der Waals surface area contributed by atoms with Crippen LogP contribution in [0.25, 0.3) is 11.0 Å². The number of aromatic hydroxyl groups is 1. The van der Waals surface area contributed by atoms with Crippen LogP contribution in [0.15, 0.2) is 57.7 Å². The van der Waals surface area contributed by atoms with E-state index in [0.717, 1.165) is 16.5 Å². The Hall–Kier alpha value is -2.66. The molecule has 2 aromatic carbocycles. The first kappa shape index (κ1) is 15.2. The minimum absolute atomic E-state index is 0.0471. The van der Waals surface area contributed by atoms with Gasteiger partial charge in [-0.2, -0.15) is 0 Å². The molecular weight excluding hydrogens is 297 g/mol. The maximum atomic E-state index is 13.2. The van der Waals surface area contributed by atoms with Crippen molar-refractivity contribution in [3.8, 4) is 5.75 Å². The number of phenolic OH excluding ortho intramolecular Hbond substituents is 1. The van der Waals surface area contributed by atoms with Gasteiger partial charge in [0.25, 0.3) is 0 Å². The molecule has 0 aliphatic rings. The third kappa shape index (κ3) is 3.57. The number of hydrogen-bond acceptors (Lipinski definition) is 4. The van der Waals surface area contributed by atoms with E-state index in [-0.39, 0.29) is 11.6 Å². The predicted molar refractivity (Wildman–Crippen MR) is 85.7 cm³/mol. The fraction of sp³-hybridized carbons (Fsp3) is 0.167. The first-order chi connectivity index (χ1) is 11.0. The van der Waals surface area contributed by atoms with Crippen molar-refractivity contribution in [1.29, 1.82) is 0 Å². The molecule has 0 bridgehead atoms. The van der Waals surface area contributed by atoms with E-state index in [4.69, 9.17) is 4.42 Å². The van der Waals surface area contributed by atoms with Gasteiger partial charge in [0.2, 0.25) is 0 Å². The fourth-order valence-corrected chi connectivity index (χ4v) is 2.64. The van der Waals surface area contributed by atoms with Gasteiger partial charge in [0.05, 0.1) is 0 Å². The molecule has 3 rings (SSSR count). The largest absolute Gasteiger partial charge is 0.508 e. The zero-order chi connectivity index (χ0) is 16.4. The molecule has 0 aliphatic carbocycles. The van der Waals surface area contributed by atoms with Crippen LogP contribution in [-0.4, -0.2) is 17.1 Å². The monoisotopic (exact) mass is 313 g/mol. The number of rotatable bonds is 4. The number of phenols is 1. The van der Waals surface area contributed by atoms with Gasteiger partial charge in [0.15, 0.2) is 0 Å². The highest BCUT2D eigenvalue weighted by Crippen LogP contribution is 2.23. The lowest BCUT2D eigenvalue weighted by Gasteiger charge is -2.17. The second-order valence-electron chi connectivity index (χ2n) is 5.57. The van der Waals surface area contributed by atoms with Crippen LogP contribution in [0.1, 0.15) is 11.1 Å². The van der Waals surface area contributed by atoms with E-state index >= 15 is 0 Å². The van der Waals surface area contributed by atoms with E-state index in [2.05, 4.69) is 0 Å². The molecule has 0 amide bonds. The Kier molecular flexibility index (Phi) is 4.12. The van der Waals surface area contributed by atoms with E-state index in [9.17, 15) is 14.3 Å². The highest BCUT2D eigenvalue weighted by atomic mass is 19.1. The third-order valence-electron chi connectivity index (χ3n) is 3.60. The van der Waals surface area contributed by atoms with Crippen LogP contribution in [0.5, 0.6) is 5.75 Å². The van der Waals surface area contributed by atoms with Gasteiger partial charge in [-0.25, -0.2) is 9.18 Å². The number of fused-ring (bicyclic) bond motifs is 1. The van der Waals surface area contributed by atoms with Gasteiger partial charge in [-0.15, -0.1) is 0 Å². The average Bonchev–Trinajstić information content (AvgIpc) is 2.46. The summed E-state index contributed by atoms with van der Waals surface area (Å²) in [5.74, 6) is -0.219. The zero-order valence-electron chi connectivity index (χ0n) is 12.6. The van der Waals surface area contributed by atoms with Crippen molar-refractivity contribution >= 4 is 11.0 Å². The van der Waals surface area contributed by atoms with E-state index < -0.39 is 5.63 Å². The van der Waals surface area contributed by atoms with Crippen molar-refractivity contribution in [1.82, 2.24) is 4.90 Å². The summed E-state index contributed by atoms with van der Waals surface area (Å²) in [5, 5.41) is 10.3. The van der Waals surface area contributed by atoms with Gasteiger partial charge < -0.3 is 9.52 Å². The van der Waals surface area contributed by atoms with Crippen molar-refractivity contribution in [3.63, 3.8) is 0 Å². The van der Waals surface area contributed by atoms with E-state index in [1.54, 1.807) is 18.2 Å². The first-order valence-corrected chi connectivity index (χ1v) is 7.20. The fourth-order valence-electron chi connectivity index (χ4n) is 2.64. The van der Waals surface area contributed by atoms with Gasteiger partial charge in [-0.1, -0.05) is 12.1 Å². The highest BCUT2D eigenvalue weighted by molar-refractivity contribution is 5.81. The Labute approximate surface area is 132 Å². The normalized spacial score (nSPS) is 11.3. The molecule has 0 fully saturated rings. The molecule has 23 heavy (non-hydrogen) atoms. The molecule has 0 spiro atoms. The molecule has 0 saturated heterocycles. The van der Waals surface area contributed by atoms with Crippen molar-refractivity contribution in [2.24, 2.45) is 0 Å². The molecule has 3 aromatic rings. The maximum Gasteiger partial charge on any atom is 0.336 e. The molecule has 118 valence electrons. The third-order valence-corrected chi connectivity index (χ3v) is 3.60. The van der Waals surface area contributed by atoms with Crippen LogP contribution in [-0.2, 0) is 13.1 Å². The van der Waals surface area contributed by atoms with Gasteiger partial charge >= 0.3 is 5.63 Å². The molecule has 1 heterocycles. The quantitative estimate of drug-likeness (QED) is 0.751. The predicted octanol–water partition coefficient (Wildman–Crippen LogP) is 3.27. The summed E-state index contributed by atoms with van der Waals surface area (Å²) >= 11 is 0. The summed E-state index contributed by atoms with van der Waals surface area (Å²) < 4.78 is 18.4. The number of benzene rings is 2. The molecule has 0 unspecified atom stereocenters. The Balaban J connectivity index is 1.87. The van der Waals surface area contributed by atoms with Crippen molar-refractivity contribution < 1.29 is 13.9 Å². The molecule has 0 aliphatic heterocycles. The van der Waals surface area contributed by atoms with E-state index in [1.807, 2.05) is 18.0 Å². The summed E-state index contributed by atoms with van der Waals surface area (Å²) in [4.78, 5) is 13.7. The average molecular weight is 313 g/mol. The van der Waals surface area contributed by atoms with Gasteiger partial charge in [0.1, 0.15) is 17.1 Å². The molecular formula is C18H16FNO3. The van der Waals surface area contributed by atoms with Crippen molar-refractivity contribution in [2.75, 3.05) is 7.05 Å². The van der Waals surface area contributed by atoms with Crippen LogP contribution in [0.3, 0.4) is 0 Å². The minimum Gasteiger partial charge on any atom is -0.508 e. The number of nitrogens with zero attached hydrogens (tertiary/aromatic N) is 1. The minimum atomic E-state index is -0.461. The van der Waals surface area contributed by atoms with Crippen LogP contribution < -0.4 is 5.63 Å². The molecule has 4 nitrogen and oxygen atoms in total. The summed E-state index contributed by atoms with van der Waals surface area (Å²) in [7, 11) is 1.89. The summed E-state index contributed by atoms with van der Waals surface area (Å²) in [6.45, 7) is 1.06. The van der Waals surface area contributed by atoms with Gasteiger partial charge in [-0.05, 0) is 42.4 Å². The maximum absolute atomic E-state index is 13.2. The lowest BCUT2D eigenvalue weighted by molar-refractivity contribution is 0.319. The molecule has 1 N–H and O–H groups in total. The van der Waals surface area contributed by atoms with Crippen LogP contribution in [0.4, 0.5) is 4.39 Å². The van der Waals surface area contributed by atoms with Gasteiger partial charge in [-0.3, -0.25) is 4.90 Å². The molecule has 5 heteroatoms. The van der Waals surface area contributed by atoms with Gasteiger partial charge in [0, 0.05) is 30.6 Å². The second-order valence-corrected chi connectivity index (χ2v) is 5.57. The Bertz CT molecular complexity index is 904. The molecule has 1 aromatic heterocycles. The lowest BCUT2D eigenvalue weighted by atomic mass is 10.1. The second kappa shape index (κ2) is 6.22. The summed E-state index contributed by atoms with van der Waals surface area (Å²) in [6, 6.07) is 12.6. The smallest absolute Gasteiger partial charge is 0.336 e. The summed E-state index contributed by atoms with van der Waals surface area (Å²) in [5.41, 5.74) is 1.55. The molecule has 0 saturated carbocycles. The zero-order valence-corrected chi connectivity index (χ0v) is 12.6. The van der Waals surface area contributed by atoms with Crippen LogP contribution in [0.2, 0.25) is 0 Å². The van der Waals surface area contributed by atoms with Crippen LogP contribution >= 0.6 is 0 Å². The van der Waals surface area contributed by atoms with Crippen molar-refractivity contribution in [2.45, 2.75) is 13.1 Å². The molecule has 0 radical (unpaired) electrons. The highest BCUT2D eigenvalue weighted by Gasteiger charge is 2.09. The first-order valence-electron chi connectivity index (χ1n) is 7.20. The van der Waals surface area contributed by atoms with Crippen LogP contribution in [0, 0.1) is 5.82 Å².